The molecule has 1 aliphatic rings. The smallest absolute Gasteiger partial charge is 0.223 e. The lowest BCUT2D eigenvalue weighted by atomic mass is 10.2. The molecule has 80 valence electrons. The Balaban J connectivity index is 2.30. The summed E-state index contributed by atoms with van der Waals surface area (Å²) in [6, 6.07) is 0. The van der Waals surface area contributed by atoms with Gasteiger partial charge in [0.2, 0.25) is 5.28 Å². The Morgan fingerprint density at radius 3 is 3.07 bits per heavy atom. The first-order valence-corrected chi connectivity index (χ1v) is 5.52. The Labute approximate surface area is 94.1 Å². The Bertz CT molecular complexity index is 390. The quantitative estimate of drug-likeness (QED) is 0.585. The maximum atomic E-state index is 5.84. The summed E-state index contributed by atoms with van der Waals surface area (Å²) in [5.74, 6) is 0. The van der Waals surface area contributed by atoms with Crippen LogP contribution >= 0.6 is 11.6 Å². The monoisotopic (exact) mass is 224 g/mol. The molecule has 1 aliphatic carbocycles. The third-order valence-corrected chi connectivity index (χ3v) is 2.60. The van der Waals surface area contributed by atoms with E-state index in [1.165, 1.54) is 5.56 Å². The first kappa shape index (κ1) is 10.4. The van der Waals surface area contributed by atoms with E-state index < -0.39 is 0 Å². The van der Waals surface area contributed by atoms with E-state index in [0.717, 1.165) is 30.7 Å². The Hall–Kier alpha value is -1.09. The fraction of sp³-hybridized carbons (Fsp3) is 0.455. The van der Waals surface area contributed by atoms with Crippen molar-refractivity contribution in [3.05, 3.63) is 28.5 Å². The molecule has 1 heterocycles. The summed E-state index contributed by atoms with van der Waals surface area (Å²) in [6.45, 7) is 2.61. The zero-order valence-corrected chi connectivity index (χ0v) is 9.42. The topological polar surface area (TPSA) is 35.0 Å². The van der Waals surface area contributed by atoms with Crippen LogP contribution in [0.25, 0.3) is 6.08 Å². The second-order valence-electron chi connectivity index (χ2n) is 3.41. The summed E-state index contributed by atoms with van der Waals surface area (Å²) in [7, 11) is 0. The molecule has 0 radical (unpaired) electrons. The first-order chi connectivity index (χ1) is 7.31. The van der Waals surface area contributed by atoms with Crippen molar-refractivity contribution in [3.63, 3.8) is 0 Å². The average molecular weight is 225 g/mol. The SMILES string of the molecule is CCOC=Cc1nc(Cl)nc2c1CCC2. The fourth-order valence-corrected chi connectivity index (χ4v) is 1.97. The molecule has 0 saturated carbocycles. The van der Waals surface area contributed by atoms with Crippen molar-refractivity contribution in [2.45, 2.75) is 26.2 Å². The Kier molecular flexibility index (Phi) is 3.21. The van der Waals surface area contributed by atoms with E-state index in [1.54, 1.807) is 6.26 Å². The van der Waals surface area contributed by atoms with Gasteiger partial charge in [-0.25, -0.2) is 9.97 Å². The van der Waals surface area contributed by atoms with Crippen molar-refractivity contribution in [2.75, 3.05) is 6.61 Å². The summed E-state index contributed by atoms with van der Waals surface area (Å²) < 4.78 is 5.15. The van der Waals surface area contributed by atoms with Gasteiger partial charge in [-0.15, -0.1) is 0 Å². The highest BCUT2D eigenvalue weighted by Crippen LogP contribution is 2.24. The largest absolute Gasteiger partial charge is 0.501 e. The van der Waals surface area contributed by atoms with E-state index in [-0.39, 0.29) is 0 Å². The van der Waals surface area contributed by atoms with Gasteiger partial charge < -0.3 is 4.74 Å². The number of aryl methyl sites for hydroxylation is 1. The summed E-state index contributed by atoms with van der Waals surface area (Å²) in [5.41, 5.74) is 3.21. The van der Waals surface area contributed by atoms with Gasteiger partial charge in [-0.1, -0.05) is 0 Å². The summed E-state index contributed by atoms with van der Waals surface area (Å²) in [6.07, 6.45) is 6.71. The Morgan fingerprint density at radius 2 is 2.27 bits per heavy atom. The molecule has 0 saturated heterocycles. The van der Waals surface area contributed by atoms with Gasteiger partial charge in [0.15, 0.2) is 0 Å². The predicted molar refractivity (Wildman–Crippen MR) is 59.7 cm³/mol. The molecule has 2 rings (SSSR count). The standard InChI is InChI=1S/C11H13ClN2O/c1-2-15-7-6-10-8-4-3-5-9(8)13-11(12)14-10/h6-7H,2-5H2,1H3. The van der Waals surface area contributed by atoms with Crippen LogP contribution in [0.1, 0.15) is 30.3 Å². The van der Waals surface area contributed by atoms with Crippen LogP contribution in [0.2, 0.25) is 5.28 Å². The van der Waals surface area contributed by atoms with Crippen molar-refractivity contribution in [3.8, 4) is 0 Å². The molecule has 0 fully saturated rings. The van der Waals surface area contributed by atoms with Crippen LogP contribution in [-0.4, -0.2) is 16.6 Å². The highest BCUT2D eigenvalue weighted by molar-refractivity contribution is 6.28. The van der Waals surface area contributed by atoms with Crippen LogP contribution in [0.15, 0.2) is 6.26 Å². The molecular weight excluding hydrogens is 212 g/mol. The van der Waals surface area contributed by atoms with Crippen LogP contribution in [0, 0.1) is 0 Å². The van der Waals surface area contributed by atoms with Crippen LogP contribution in [0.5, 0.6) is 0 Å². The van der Waals surface area contributed by atoms with E-state index in [4.69, 9.17) is 16.3 Å². The lowest BCUT2D eigenvalue weighted by molar-refractivity contribution is 0.272. The first-order valence-electron chi connectivity index (χ1n) is 5.14. The molecule has 0 bridgehead atoms. The van der Waals surface area contributed by atoms with Gasteiger partial charge in [-0.3, -0.25) is 0 Å². The van der Waals surface area contributed by atoms with Gasteiger partial charge in [-0.05, 0) is 49.4 Å². The van der Waals surface area contributed by atoms with E-state index in [2.05, 4.69) is 9.97 Å². The van der Waals surface area contributed by atoms with Gasteiger partial charge in [0, 0.05) is 5.69 Å². The summed E-state index contributed by atoms with van der Waals surface area (Å²) in [5, 5.41) is 0.326. The number of hydrogen-bond donors (Lipinski definition) is 0. The second-order valence-corrected chi connectivity index (χ2v) is 3.75. The van der Waals surface area contributed by atoms with Crippen molar-refractivity contribution >= 4 is 17.7 Å². The van der Waals surface area contributed by atoms with E-state index in [1.807, 2.05) is 13.0 Å². The molecule has 1 aromatic heterocycles. The Morgan fingerprint density at radius 1 is 1.40 bits per heavy atom. The minimum Gasteiger partial charge on any atom is -0.501 e. The summed E-state index contributed by atoms with van der Waals surface area (Å²) in [4.78, 5) is 8.43. The van der Waals surface area contributed by atoms with Gasteiger partial charge in [0.1, 0.15) is 0 Å². The molecule has 0 aliphatic heterocycles. The third-order valence-electron chi connectivity index (χ3n) is 2.43. The molecule has 0 amide bonds. The van der Waals surface area contributed by atoms with E-state index >= 15 is 0 Å². The van der Waals surface area contributed by atoms with Gasteiger partial charge in [0.25, 0.3) is 0 Å². The number of aromatic nitrogens is 2. The van der Waals surface area contributed by atoms with Gasteiger partial charge >= 0.3 is 0 Å². The van der Waals surface area contributed by atoms with Crippen molar-refractivity contribution in [1.82, 2.24) is 9.97 Å². The molecule has 4 heteroatoms. The molecule has 3 nitrogen and oxygen atoms in total. The molecule has 15 heavy (non-hydrogen) atoms. The van der Waals surface area contributed by atoms with Gasteiger partial charge in [-0.2, -0.15) is 0 Å². The number of ether oxygens (including phenoxy) is 1. The molecular formula is C11H13ClN2O. The average Bonchev–Trinajstić information content (AvgIpc) is 2.65. The third kappa shape index (κ3) is 2.29. The van der Waals surface area contributed by atoms with Crippen molar-refractivity contribution < 1.29 is 4.74 Å². The zero-order valence-electron chi connectivity index (χ0n) is 8.66. The van der Waals surface area contributed by atoms with E-state index in [9.17, 15) is 0 Å². The van der Waals surface area contributed by atoms with Crippen LogP contribution in [0.4, 0.5) is 0 Å². The number of hydrogen-bond acceptors (Lipinski definition) is 3. The predicted octanol–water partition coefficient (Wildman–Crippen LogP) is 2.63. The van der Waals surface area contributed by atoms with E-state index in [0.29, 0.717) is 11.9 Å². The minimum atomic E-state index is 0.326. The lowest BCUT2D eigenvalue weighted by Gasteiger charge is -2.03. The fourth-order valence-electron chi connectivity index (χ4n) is 1.78. The minimum absolute atomic E-state index is 0.326. The normalized spacial score (nSPS) is 14.5. The second kappa shape index (κ2) is 4.62. The highest BCUT2D eigenvalue weighted by atomic mass is 35.5. The number of fused-ring (bicyclic) bond motifs is 1. The number of rotatable bonds is 3. The molecule has 0 N–H and O–H groups in total. The molecule has 0 unspecified atom stereocenters. The molecule has 0 aromatic carbocycles. The van der Waals surface area contributed by atoms with Crippen LogP contribution in [-0.2, 0) is 17.6 Å². The lowest BCUT2D eigenvalue weighted by Crippen LogP contribution is -1.97. The van der Waals surface area contributed by atoms with Crippen LogP contribution < -0.4 is 0 Å². The van der Waals surface area contributed by atoms with Gasteiger partial charge in [0.05, 0.1) is 18.6 Å². The highest BCUT2D eigenvalue weighted by Gasteiger charge is 2.17. The molecule has 0 atom stereocenters. The molecule has 1 aromatic rings. The van der Waals surface area contributed by atoms with Crippen molar-refractivity contribution in [2.24, 2.45) is 0 Å². The maximum Gasteiger partial charge on any atom is 0.223 e. The maximum absolute atomic E-state index is 5.84. The molecule has 0 spiro atoms. The number of nitrogens with zero attached hydrogens (tertiary/aromatic N) is 2. The van der Waals surface area contributed by atoms with Crippen LogP contribution in [0.3, 0.4) is 0 Å². The number of halogens is 1. The zero-order chi connectivity index (χ0) is 10.7. The summed E-state index contributed by atoms with van der Waals surface area (Å²) >= 11 is 5.84. The van der Waals surface area contributed by atoms with Crippen molar-refractivity contribution in [1.29, 1.82) is 0 Å².